The van der Waals surface area contributed by atoms with Crippen molar-refractivity contribution in [1.29, 1.82) is 0 Å². The van der Waals surface area contributed by atoms with Crippen molar-refractivity contribution in [2.24, 2.45) is 11.8 Å². The number of ether oxygens (including phenoxy) is 1. The minimum Gasteiger partial charge on any atom is -0.480 e. The predicted octanol–water partition coefficient (Wildman–Crippen LogP) is 4.65. The molecule has 0 radical (unpaired) electrons. The van der Waals surface area contributed by atoms with Gasteiger partial charge in [0.05, 0.1) is 0 Å². The van der Waals surface area contributed by atoms with Gasteiger partial charge in [-0.1, -0.05) is 69.3 Å². The lowest BCUT2D eigenvalue weighted by Gasteiger charge is -2.37. The Bertz CT molecular complexity index is 1050. The molecule has 2 aromatic rings. The molecule has 0 spiro atoms. The number of carboxylic acids is 1. The number of fused-ring (bicyclic) bond motifs is 3. The van der Waals surface area contributed by atoms with Crippen molar-refractivity contribution in [3.63, 3.8) is 0 Å². The lowest BCUT2D eigenvalue weighted by molar-refractivity contribution is -0.153. The molecule has 1 fully saturated rings. The highest BCUT2D eigenvalue weighted by atomic mass is 16.5. The fraction of sp³-hybridized carbons (Fsp3) is 0.464. The van der Waals surface area contributed by atoms with Gasteiger partial charge in [0.2, 0.25) is 5.91 Å². The monoisotopic (exact) mass is 478 g/mol. The summed E-state index contributed by atoms with van der Waals surface area (Å²) in [5.41, 5.74) is 4.59. The van der Waals surface area contributed by atoms with Crippen LogP contribution in [0.5, 0.6) is 0 Å². The van der Waals surface area contributed by atoms with Crippen LogP contribution in [0.25, 0.3) is 11.1 Å². The molecule has 2 aromatic carbocycles. The fourth-order valence-electron chi connectivity index (χ4n) is 5.22. The van der Waals surface area contributed by atoms with Crippen LogP contribution in [0.3, 0.4) is 0 Å². The summed E-state index contributed by atoms with van der Waals surface area (Å²) in [4.78, 5) is 39.0. The van der Waals surface area contributed by atoms with Gasteiger partial charge in [0.25, 0.3) is 0 Å². The first-order valence-electron chi connectivity index (χ1n) is 12.4. The maximum atomic E-state index is 13.0. The molecule has 0 saturated carbocycles. The number of carbonyl (C=O) groups excluding carboxylic acids is 2. The van der Waals surface area contributed by atoms with Crippen molar-refractivity contribution in [1.82, 2.24) is 10.2 Å². The highest BCUT2D eigenvalue weighted by Crippen LogP contribution is 2.44. The Morgan fingerprint density at radius 1 is 1.06 bits per heavy atom. The molecule has 2 amide bonds. The summed E-state index contributed by atoms with van der Waals surface area (Å²) in [7, 11) is 0. The quantitative estimate of drug-likeness (QED) is 0.604. The zero-order chi connectivity index (χ0) is 25.1. The summed E-state index contributed by atoms with van der Waals surface area (Å²) in [6, 6.07) is 15.0. The predicted molar refractivity (Wildman–Crippen MR) is 133 cm³/mol. The Balaban J connectivity index is 1.38. The molecule has 35 heavy (non-hydrogen) atoms. The summed E-state index contributed by atoms with van der Waals surface area (Å²) in [6.07, 6.45) is 0.704. The molecule has 2 aliphatic rings. The van der Waals surface area contributed by atoms with Crippen LogP contribution in [-0.4, -0.2) is 53.2 Å². The van der Waals surface area contributed by atoms with Gasteiger partial charge in [-0.15, -0.1) is 0 Å². The Labute approximate surface area is 206 Å². The third-order valence-corrected chi connectivity index (χ3v) is 7.32. The van der Waals surface area contributed by atoms with E-state index in [1.807, 2.05) is 45.0 Å². The highest BCUT2D eigenvalue weighted by Gasteiger charge is 2.36. The molecule has 7 nitrogen and oxygen atoms in total. The number of hydrogen-bond acceptors (Lipinski definition) is 4. The normalized spacial score (nSPS) is 20.2. The smallest absolute Gasteiger partial charge is 0.407 e. The molecule has 1 aliphatic carbocycles. The van der Waals surface area contributed by atoms with Gasteiger partial charge in [0, 0.05) is 24.9 Å². The number of likely N-dealkylation sites (tertiary alicyclic amines) is 1. The van der Waals surface area contributed by atoms with Gasteiger partial charge in [-0.25, -0.2) is 9.59 Å². The second-order valence-corrected chi connectivity index (χ2v) is 10.1. The summed E-state index contributed by atoms with van der Waals surface area (Å²) < 4.78 is 5.65. The summed E-state index contributed by atoms with van der Waals surface area (Å²) in [5.74, 6) is -1.03. The van der Waals surface area contributed by atoms with Crippen LogP contribution in [0, 0.1) is 11.8 Å². The zero-order valence-corrected chi connectivity index (χ0v) is 20.6. The van der Waals surface area contributed by atoms with Gasteiger partial charge >= 0.3 is 12.1 Å². The maximum Gasteiger partial charge on any atom is 0.407 e. The van der Waals surface area contributed by atoms with Gasteiger partial charge in [-0.2, -0.15) is 0 Å². The number of alkyl carbamates (subject to hydrolysis) is 1. The van der Waals surface area contributed by atoms with Crippen LogP contribution in [0.2, 0.25) is 0 Å². The maximum absolute atomic E-state index is 13.0. The number of hydrogen-bond donors (Lipinski definition) is 2. The highest BCUT2D eigenvalue weighted by molar-refractivity contribution is 5.84. The van der Waals surface area contributed by atoms with E-state index >= 15 is 0 Å². The Morgan fingerprint density at radius 2 is 1.66 bits per heavy atom. The summed E-state index contributed by atoms with van der Waals surface area (Å²) in [5, 5.41) is 12.4. The molecule has 1 heterocycles. The molecular weight excluding hydrogens is 444 g/mol. The first-order chi connectivity index (χ1) is 16.8. The molecule has 2 unspecified atom stereocenters. The van der Waals surface area contributed by atoms with E-state index in [-0.39, 0.29) is 36.7 Å². The Morgan fingerprint density at radius 3 is 2.23 bits per heavy atom. The fourth-order valence-corrected chi connectivity index (χ4v) is 5.22. The van der Waals surface area contributed by atoms with Gasteiger partial charge in [-0.05, 0) is 46.9 Å². The van der Waals surface area contributed by atoms with Crippen LogP contribution in [0.4, 0.5) is 4.79 Å². The number of piperidine rings is 1. The minimum atomic E-state index is -0.976. The number of benzene rings is 2. The number of amides is 2. The lowest BCUT2D eigenvalue weighted by atomic mass is 9.91. The van der Waals surface area contributed by atoms with Crippen molar-refractivity contribution in [3.05, 3.63) is 59.7 Å². The number of aliphatic carboxylic acids is 1. The van der Waals surface area contributed by atoms with E-state index in [0.717, 1.165) is 28.7 Å². The zero-order valence-electron chi connectivity index (χ0n) is 20.6. The van der Waals surface area contributed by atoms with Crippen molar-refractivity contribution in [3.8, 4) is 11.1 Å². The van der Waals surface area contributed by atoms with Crippen LogP contribution < -0.4 is 5.32 Å². The van der Waals surface area contributed by atoms with Gasteiger partial charge < -0.3 is 20.1 Å². The number of nitrogens with zero attached hydrogens (tertiary/aromatic N) is 1. The second-order valence-electron chi connectivity index (χ2n) is 10.1. The first-order valence-corrected chi connectivity index (χ1v) is 12.4. The number of rotatable bonds is 7. The van der Waals surface area contributed by atoms with Crippen LogP contribution in [0.15, 0.2) is 48.5 Å². The molecule has 186 valence electrons. The number of nitrogens with one attached hydrogen (secondary N) is 1. The molecule has 2 N–H and O–H groups in total. The molecule has 1 aliphatic heterocycles. The SMILES string of the molecule is CC1CCN(C(=O)C[C@@H](NC(=O)OCC2c3ccccc3-c3ccccc32)C(C)C)C(C(=O)O)C1. The minimum absolute atomic E-state index is 0.0218. The van der Waals surface area contributed by atoms with E-state index in [1.165, 1.54) is 4.90 Å². The lowest BCUT2D eigenvalue weighted by Crippen LogP contribution is -2.52. The average Bonchev–Trinajstić information content (AvgIpc) is 3.15. The topological polar surface area (TPSA) is 95.9 Å². The first kappa shape index (κ1) is 24.8. The van der Waals surface area contributed by atoms with E-state index in [9.17, 15) is 19.5 Å². The molecule has 3 atom stereocenters. The van der Waals surface area contributed by atoms with E-state index in [2.05, 4.69) is 29.6 Å². The van der Waals surface area contributed by atoms with E-state index in [0.29, 0.717) is 13.0 Å². The van der Waals surface area contributed by atoms with Crippen molar-refractivity contribution in [2.45, 2.75) is 58.0 Å². The van der Waals surface area contributed by atoms with Crippen molar-refractivity contribution in [2.75, 3.05) is 13.2 Å². The van der Waals surface area contributed by atoms with Crippen LogP contribution in [0.1, 0.15) is 57.1 Å². The van der Waals surface area contributed by atoms with E-state index in [4.69, 9.17) is 4.74 Å². The summed E-state index contributed by atoms with van der Waals surface area (Å²) in [6.45, 7) is 6.48. The third kappa shape index (κ3) is 5.34. The third-order valence-electron chi connectivity index (χ3n) is 7.32. The van der Waals surface area contributed by atoms with Gasteiger partial charge in [0.1, 0.15) is 12.6 Å². The van der Waals surface area contributed by atoms with Crippen molar-refractivity contribution < 1.29 is 24.2 Å². The average molecular weight is 479 g/mol. The van der Waals surface area contributed by atoms with E-state index in [1.54, 1.807) is 0 Å². The molecule has 1 saturated heterocycles. The van der Waals surface area contributed by atoms with Gasteiger partial charge in [0.15, 0.2) is 0 Å². The van der Waals surface area contributed by atoms with Gasteiger partial charge in [-0.3, -0.25) is 4.79 Å². The second kappa shape index (κ2) is 10.5. The molecule has 0 bridgehead atoms. The standard InChI is InChI=1S/C28H34N2O5/c1-17(2)24(15-26(31)30-13-12-18(3)14-25(30)27(32)33)29-28(34)35-16-23-21-10-6-4-8-19(21)20-9-5-7-11-22(20)23/h4-11,17-18,23-25H,12-16H2,1-3H3,(H,29,34)(H,32,33)/t18?,24-,25?/m1/s1. The Kier molecular flexibility index (Phi) is 7.43. The molecule has 4 rings (SSSR count). The van der Waals surface area contributed by atoms with Crippen molar-refractivity contribution >= 4 is 18.0 Å². The Hall–Kier alpha value is -3.35. The number of carboxylic acid groups (broad SMARTS) is 1. The van der Waals surface area contributed by atoms with Crippen LogP contribution in [-0.2, 0) is 14.3 Å². The number of carbonyl (C=O) groups is 3. The summed E-state index contributed by atoms with van der Waals surface area (Å²) >= 11 is 0. The van der Waals surface area contributed by atoms with Crippen LogP contribution >= 0.6 is 0 Å². The molecule has 7 heteroatoms. The molecule has 0 aromatic heterocycles. The molecular formula is C28H34N2O5. The largest absolute Gasteiger partial charge is 0.480 e. The van der Waals surface area contributed by atoms with E-state index < -0.39 is 24.1 Å².